The number of benzene rings is 1. The van der Waals surface area contributed by atoms with E-state index in [2.05, 4.69) is 0 Å². The molecule has 0 saturated carbocycles. The maximum absolute atomic E-state index is 11.7. The van der Waals surface area contributed by atoms with Gasteiger partial charge in [0.2, 0.25) is 11.8 Å². The van der Waals surface area contributed by atoms with E-state index in [1.54, 1.807) is 26.8 Å². The van der Waals surface area contributed by atoms with E-state index >= 15 is 0 Å². The molecule has 0 aromatic heterocycles. The van der Waals surface area contributed by atoms with Crippen LogP contribution in [0.1, 0.15) is 121 Å². The van der Waals surface area contributed by atoms with E-state index in [0.29, 0.717) is 42.8 Å². The van der Waals surface area contributed by atoms with Crippen molar-refractivity contribution in [2.45, 2.75) is 118 Å². The van der Waals surface area contributed by atoms with Crippen molar-refractivity contribution in [1.82, 2.24) is 0 Å². The molecule has 0 aliphatic rings. The lowest BCUT2D eigenvalue weighted by molar-refractivity contribution is -0.154. The number of aliphatic hydroxyl groups is 2. The summed E-state index contributed by atoms with van der Waals surface area (Å²) in [5.41, 5.74) is 17.1. The monoisotopic (exact) mass is 794 g/mol. The number of ether oxygens (including phenoxy) is 4. The molecule has 0 radical (unpaired) electrons. The summed E-state index contributed by atoms with van der Waals surface area (Å²) in [6.07, 6.45) is -0.0609. The van der Waals surface area contributed by atoms with Gasteiger partial charge >= 0.3 is 23.9 Å². The van der Waals surface area contributed by atoms with E-state index in [-0.39, 0.29) is 68.7 Å². The number of primary amides is 2. The van der Waals surface area contributed by atoms with Gasteiger partial charge in [-0.15, -0.1) is 0 Å². The zero-order valence-electron chi connectivity index (χ0n) is 33.7. The molecule has 0 aliphatic heterocycles. The molecule has 18 heteroatoms. The maximum Gasteiger partial charge on any atom is 0.306 e. The summed E-state index contributed by atoms with van der Waals surface area (Å²) in [4.78, 5) is 66.8. The van der Waals surface area contributed by atoms with Crippen LogP contribution in [0.25, 0.3) is 0 Å². The smallest absolute Gasteiger partial charge is 0.306 e. The number of hydrogen-bond donors (Lipinski definition) is 8. The fourth-order valence-electron chi connectivity index (χ4n) is 3.57. The van der Waals surface area contributed by atoms with E-state index in [0.717, 1.165) is 0 Å². The summed E-state index contributed by atoms with van der Waals surface area (Å²) in [6.45, 7) is 11.7. The Morgan fingerprint density at radius 2 is 0.875 bits per heavy atom. The highest BCUT2D eigenvalue weighted by atomic mass is 16.6. The van der Waals surface area contributed by atoms with Crippen molar-refractivity contribution in [3.05, 3.63) is 35.4 Å². The minimum Gasteiger partial charge on any atom is -0.463 e. The minimum atomic E-state index is -1.06. The molecule has 1 rings (SSSR count). The Morgan fingerprint density at radius 1 is 0.589 bits per heavy atom. The van der Waals surface area contributed by atoms with E-state index in [9.17, 15) is 39.0 Å². The van der Waals surface area contributed by atoms with Gasteiger partial charge in [-0.05, 0) is 83.9 Å². The lowest BCUT2D eigenvalue weighted by Crippen LogP contribution is -2.47. The topological polar surface area (TPSA) is 329 Å². The van der Waals surface area contributed by atoms with Gasteiger partial charge in [-0.25, -0.2) is 0 Å². The highest BCUT2D eigenvalue weighted by Crippen LogP contribution is 2.33. The van der Waals surface area contributed by atoms with Crippen molar-refractivity contribution in [3.8, 4) is 0 Å². The Labute approximate surface area is 328 Å². The predicted molar refractivity (Wildman–Crippen MR) is 209 cm³/mol. The molecule has 0 spiro atoms. The lowest BCUT2D eigenvalue weighted by atomic mass is 9.72. The average molecular weight is 795 g/mol. The molecule has 1 aromatic carbocycles. The van der Waals surface area contributed by atoms with Crippen molar-refractivity contribution >= 4 is 52.8 Å². The molecule has 0 saturated heterocycles. The van der Waals surface area contributed by atoms with Gasteiger partial charge in [-0.3, -0.25) is 28.8 Å². The number of nitrogens with two attached hydrogens (primary N) is 3. The third-order valence-corrected chi connectivity index (χ3v) is 7.99. The zero-order valence-corrected chi connectivity index (χ0v) is 33.7. The Balaban J connectivity index is 0. The van der Waals surface area contributed by atoms with Crippen LogP contribution in [-0.4, -0.2) is 107 Å². The van der Waals surface area contributed by atoms with Crippen molar-refractivity contribution in [2.75, 3.05) is 26.4 Å². The van der Waals surface area contributed by atoms with Gasteiger partial charge in [0, 0.05) is 40.2 Å². The van der Waals surface area contributed by atoms with Crippen molar-refractivity contribution in [3.63, 3.8) is 0 Å². The first-order valence-corrected chi connectivity index (χ1v) is 17.9. The Bertz CT molecular complexity index is 1430. The van der Waals surface area contributed by atoms with Crippen LogP contribution in [0, 0.1) is 21.6 Å². The van der Waals surface area contributed by atoms with Crippen LogP contribution < -0.4 is 17.2 Å². The molecular formula is C38H62N6O12. The fraction of sp³-hybridized carbons (Fsp3) is 0.605. The second-order valence-corrected chi connectivity index (χ2v) is 14.3. The third-order valence-electron chi connectivity index (χ3n) is 7.99. The van der Waals surface area contributed by atoms with E-state index < -0.39 is 53.4 Å². The second kappa shape index (κ2) is 27.5. The second-order valence-electron chi connectivity index (χ2n) is 14.3. The molecular weight excluding hydrogens is 732 g/mol. The standard InChI is InChI=1S/C17H32N2O5.C13H22N2O5.C8H8N2O2/c1-12(18)6-7-14(21)23-10-13(20)11-24-15(22)8-9-16(2,3)17(4,5)19;1-9(14)3-5-12(17)19-7-11(16)8-20-13(18)6-4-10(2)15;9-7(11)5-2-1-3-6(4-5)8(10)12/h13,18,20H,6-11,19H2,1-5H3;11,14-16H,3-8H2,1-2H3;1-4H,(H2,9,11)(H2,10,12). The average Bonchev–Trinajstić information content (AvgIpc) is 3.11. The number of aliphatic hydroxyl groups excluding tert-OH is 2. The highest BCUT2D eigenvalue weighted by molar-refractivity contribution is 5.98. The molecule has 1 atom stereocenters. The molecule has 0 aliphatic carbocycles. The maximum atomic E-state index is 11.7. The summed E-state index contributed by atoms with van der Waals surface area (Å²) < 4.78 is 19.4. The fourth-order valence-corrected chi connectivity index (χ4v) is 3.57. The number of carbonyl (C=O) groups excluding carboxylic acids is 6. The first-order valence-electron chi connectivity index (χ1n) is 17.9. The summed E-state index contributed by atoms with van der Waals surface area (Å²) >= 11 is 0. The van der Waals surface area contributed by atoms with Crippen molar-refractivity contribution in [2.24, 2.45) is 22.6 Å². The number of carbonyl (C=O) groups is 6. The first kappa shape index (κ1) is 53.0. The number of amides is 2. The number of rotatable bonds is 23. The van der Waals surface area contributed by atoms with Crippen LogP contribution in [0.5, 0.6) is 0 Å². The molecule has 0 heterocycles. The Kier molecular flexibility index (Phi) is 26.0. The van der Waals surface area contributed by atoms with Gasteiger partial charge in [0.05, 0.1) is 19.3 Å². The summed E-state index contributed by atoms with van der Waals surface area (Å²) in [5, 5.41) is 40.7. The van der Waals surface area contributed by atoms with Gasteiger partial charge in [0.1, 0.15) is 38.6 Å². The van der Waals surface area contributed by atoms with Crippen LogP contribution in [-0.2, 0) is 38.1 Å². The molecule has 56 heavy (non-hydrogen) atoms. The van der Waals surface area contributed by atoms with Gasteiger partial charge in [0.25, 0.3) is 0 Å². The van der Waals surface area contributed by atoms with E-state index in [4.69, 9.17) is 52.4 Å². The van der Waals surface area contributed by atoms with Gasteiger partial charge in [-0.2, -0.15) is 0 Å². The largest absolute Gasteiger partial charge is 0.463 e. The summed E-state index contributed by atoms with van der Waals surface area (Å²) in [6, 6.07) is 5.97. The number of hydrogen-bond acceptors (Lipinski definition) is 16. The molecule has 1 aromatic rings. The molecule has 0 bridgehead atoms. The SMILES string of the molecule is CC(=N)CCC(=O)OCC(O)COC(=O)CCC(C)(C)C(C)(C)N.CC(=N)CCC(=O)OCC(O)COC(=O)CCC(C)=N.NC(=O)c1cccc(C(N)=O)c1. The molecule has 1 unspecified atom stereocenters. The minimum absolute atomic E-state index is 0.0977. The van der Waals surface area contributed by atoms with Crippen LogP contribution >= 0.6 is 0 Å². The molecule has 18 nitrogen and oxygen atoms in total. The van der Waals surface area contributed by atoms with E-state index in [1.165, 1.54) is 18.2 Å². The Morgan fingerprint density at radius 3 is 1.12 bits per heavy atom. The summed E-state index contributed by atoms with van der Waals surface area (Å²) in [7, 11) is 0. The molecule has 2 amide bonds. The Hall–Kier alpha value is -5.07. The van der Waals surface area contributed by atoms with Crippen LogP contribution in [0.4, 0.5) is 0 Å². The van der Waals surface area contributed by atoms with E-state index in [1.807, 2.05) is 27.7 Å². The van der Waals surface area contributed by atoms with Gasteiger partial charge in [-0.1, -0.05) is 19.9 Å². The van der Waals surface area contributed by atoms with Gasteiger partial charge < -0.3 is 62.6 Å². The zero-order chi connectivity index (χ0) is 43.6. The van der Waals surface area contributed by atoms with Crippen molar-refractivity contribution < 1.29 is 57.9 Å². The van der Waals surface area contributed by atoms with Gasteiger partial charge in [0.15, 0.2) is 0 Å². The number of nitrogens with one attached hydrogen (secondary N) is 3. The van der Waals surface area contributed by atoms with Crippen LogP contribution in [0.15, 0.2) is 24.3 Å². The first-order chi connectivity index (χ1) is 25.8. The third kappa shape index (κ3) is 28.4. The molecule has 316 valence electrons. The van der Waals surface area contributed by atoms with Crippen LogP contribution in [0.2, 0.25) is 0 Å². The number of esters is 4. The molecule has 11 N–H and O–H groups in total. The predicted octanol–water partition coefficient (Wildman–Crippen LogP) is 2.76. The lowest BCUT2D eigenvalue weighted by Gasteiger charge is -2.38. The van der Waals surface area contributed by atoms with Crippen molar-refractivity contribution in [1.29, 1.82) is 16.2 Å². The highest BCUT2D eigenvalue weighted by Gasteiger charge is 2.33. The molecule has 0 fully saturated rings. The normalized spacial score (nSPS) is 11.8. The summed E-state index contributed by atoms with van der Waals surface area (Å²) in [5.74, 6) is -3.05. The quantitative estimate of drug-likeness (QED) is 0.0449. The van der Waals surface area contributed by atoms with Crippen LogP contribution in [0.3, 0.4) is 0 Å².